The smallest absolute Gasteiger partial charge is 0.326 e. The summed E-state index contributed by atoms with van der Waals surface area (Å²) in [5.41, 5.74) is 5.02. The molecule has 1 unspecified atom stereocenters. The van der Waals surface area contributed by atoms with Gasteiger partial charge in [0.15, 0.2) is 0 Å². The molecule has 0 saturated heterocycles. The summed E-state index contributed by atoms with van der Waals surface area (Å²) >= 11 is 0. The van der Waals surface area contributed by atoms with Gasteiger partial charge in [-0.25, -0.2) is 4.79 Å². The number of carboxylic acid groups (broad SMARTS) is 1. The van der Waals surface area contributed by atoms with Crippen LogP contribution in [0.2, 0.25) is 0 Å². The summed E-state index contributed by atoms with van der Waals surface area (Å²) < 4.78 is 0. The maximum atomic E-state index is 11.8. The van der Waals surface area contributed by atoms with Gasteiger partial charge in [0.1, 0.15) is 6.04 Å². The molecule has 29 heavy (non-hydrogen) atoms. The summed E-state index contributed by atoms with van der Waals surface area (Å²) in [5, 5.41) is 11.5. The molecule has 0 rings (SSSR count). The summed E-state index contributed by atoms with van der Waals surface area (Å²) in [6.07, 6.45) is 20.4. The van der Waals surface area contributed by atoms with E-state index in [1.165, 1.54) is 51.4 Å². The lowest BCUT2D eigenvalue weighted by atomic mass is 10.1. The van der Waals surface area contributed by atoms with Gasteiger partial charge >= 0.3 is 5.97 Å². The van der Waals surface area contributed by atoms with Crippen molar-refractivity contribution in [2.24, 2.45) is 5.73 Å². The second-order valence-corrected chi connectivity index (χ2v) is 7.80. The van der Waals surface area contributed by atoms with Crippen LogP contribution in [0.25, 0.3) is 0 Å². The number of carbonyl (C=O) groups is 3. The van der Waals surface area contributed by atoms with E-state index in [1.54, 1.807) is 0 Å². The maximum absolute atomic E-state index is 11.8. The Morgan fingerprint density at radius 2 is 1.34 bits per heavy atom. The van der Waals surface area contributed by atoms with Crippen LogP contribution >= 0.6 is 0 Å². The van der Waals surface area contributed by atoms with E-state index in [-0.39, 0.29) is 18.7 Å². The number of carboxylic acids is 1. The molecule has 0 aliphatic heterocycles. The number of allylic oxidation sites excluding steroid dienone is 2. The Morgan fingerprint density at radius 3 is 1.86 bits per heavy atom. The van der Waals surface area contributed by atoms with Crippen LogP contribution < -0.4 is 11.1 Å². The zero-order valence-corrected chi connectivity index (χ0v) is 18.3. The van der Waals surface area contributed by atoms with Gasteiger partial charge < -0.3 is 16.2 Å². The number of carbonyl (C=O) groups excluding carboxylic acids is 2. The Hall–Kier alpha value is -1.85. The van der Waals surface area contributed by atoms with E-state index in [4.69, 9.17) is 10.8 Å². The van der Waals surface area contributed by atoms with E-state index in [2.05, 4.69) is 24.4 Å². The fourth-order valence-corrected chi connectivity index (χ4v) is 3.17. The number of rotatable bonds is 20. The van der Waals surface area contributed by atoms with Crippen molar-refractivity contribution < 1.29 is 19.5 Å². The Labute approximate surface area is 176 Å². The maximum Gasteiger partial charge on any atom is 0.326 e. The molecule has 0 spiro atoms. The van der Waals surface area contributed by atoms with Crippen LogP contribution in [0.1, 0.15) is 110 Å². The van der Waals surface area contributed by atoms with Crippen molar-refractivity contribution in [2.75, 3.05) is 0 Å². The molecule has 1 atom stereocenters. The molecule has 0 aliphatic carbocycles. The summed E-state index contributed by atoms with van der Waals surface area (Å²) in [5.74, 6) is -1.98. The normalized spacial score (nSPS) is 12.2. The zero-order valence-electron chi connectivity index (χ0n) is 18.3. The quantitative estimate of drug-likeness (QED) is 0.197. The van der Waals surface area contributed by atoms with Gasteiger partial charge in [-0.15, -0.1) is 0 Å². The van der Waals surface area contributed by atoms with Crippen molar-refractivity contribution in [1.82, 2.24) is 5.32 Å². The zero-order chi connectivity index (χ0) is 21.7. The fraction of sp³-hybridized carbons (Fsp3) is 0.783. The molecule has 168 valence electrons. The third-order valence-electron chi connectivity index (χ3n) is 4.98. The largest absolute Gasteiger partial charge is 0.480 e. The van der Waals surface area contributed by atoms with E-state index in [9.17, 15) is 14.4 Å². The fourth-order valence-electron chi connectivity index (χ4n) is 3.17. The molecule has 0 fully saturated rings. The first-order valence-electron chi connectivity index (χ1n) is 11.4. The van der Waals surface area contributed by atoms with Gasteiger partial charge in [-0.05, 0) is 38.5 Å². The molecule has 0 heterocycles. The highest BCUT2D eigenvalue weighted by Crippen LogP contribution is 2.10. The van der Waals surface area contributed by atoms with Gasteiger partial charge in [0.25, 0.3) is 0 Å². The number of aliphatic carboxylic acids is 1. The highest BCUT2D eigenvalue weighted by molar-refractivity contribution is 5.84. The molecular weight excluding hydrogens is 368 g/mol. The van der Waals surface area contributed by atoms with E-state index in [0.29, 0.717) is 6.42 Å². The molecule has 6 nitrogen and oxygen atoms in total. The average molecular weight is 411 g/mol. The van der Waals surface area contributed by atoms with E-state index in [0.717, 1.165) is 32.1 Å². The molecular formula is C23H42N2O4. The lowest BCUT2D eigenvalue weighted by Crippen LogP contribution is -2.41. The molecule has 0 aliphatic rings. The summed E-state index contributed by atoms with van der Waals surface area (Å²) in [7, 11) is 0. The van der Waals surface area contributed by atoms with Crippen LogP contribution in [0.5, 0.6) is 0 Å². The van der Waals surface area contributed by atoms with Crippen molar-refractivity contribution in [3.63, 3.8) is 0 Å². The SMILES string of the molecule is CCCCCCCC/C=C/CCCCCCCC(=O)NC(CCC(N)=O)C(=O)O. The monoisotopic (exact) mass is 410 g/mol. The Balaban J connectivity index is 3.54. The summed E-state index contributed by atoms with van der Waals surface area (Å²) in [6.45, 7) is 2.24. The molecule has 0 bridgehead atoms. The summed E-state index contributed by atoms with van der Waals surface area (Å²) in [6, 6.07) is -1.04. The van der Waals surface area contributed by atoms with Crippen molar-refractivity contribution in [1.29, 1.82) is 0 Å². The molecule has 0 aromatic rings. The predicted molar refractivity (Wildman–Crippen MR) is 117 cm³/mol. The van der Waals surface area contributed by atoms with Gasteiger partial charge in [-0.3, -0.25) is 9.59 Å². The number of nitrogens with one attached hydrogen (secondary N) is 1. The Kier molecular flexibility index (Phi) is 18.2. The van der Waals surface area contributed by atoms with Crippen LogP contribution in [0, 0.1) is 0 Å². The molecule has 0 saturated carbocycles. The first-order chi connectivity index (χ1) is 14.0. The lowest BCUT2D eigenvalue weighted by Gasteiger charge is -2.13. The number of hydrogen-bond donors (Lipinski definition) is 3. The lowest BCUT2D eigenvalue weighted by molar-refractivity contribution is -0.142. The van der Waals surface area contributed by atoms with Gasteiger partial charge in [0.2, 0.25) is 11.8 Å². The van der Waals surface area contributed by atoms with Crippen LogP contribution in [0.3, 0.4) is 0 Å². The molecule has 0 radical (unpaired) electrons. The minimum Gasteiger partial charge on any atom is -0.480 e. The van der Waals surface area contributed by atoms with Crippen LogP contribution in [0.4, 0.5) is 0 Å². The molecule has 2 amide bonds. The second kappa shape index (κ2) is 19.5. The highest BCUT2D eigenvalue weighted by atomic mass is 16.4. The van der Waals surface area contributed by atoms with E-state index < -0.39 is 17.9 Å². The number of hydrogen-bond acceptors (Lipinski definition) is 3. The number of unbranched alkanes of at least 4 members (excludes halogenated alkanes) is 11. The van der Waals surface area contributed by atoms with Crippen molar-refractivity contribution >= 4 is 17.8 Å². The van der Waals surface area contributed by atoms with Crippen molar-refractivity contribution in [3.8, 4) is 0 Å². The molecule has 4 N–H and O–H groups in total. The van der Waals surface area contributed by atoms with Crippen molar-refractivity contribution in [2.45, 2.75) is 116 Å². The van der Waals surface area contributed by atoms with Gasteiger partial charge in [-0.2, -0.15) is 0 Å². The third kappa shape index (κ3) is 19.2. The predicted octanol–water partition coefficient (Wildman–Crippen LogP) is 4.86. The van der Waals surface area contributed by atoms with E-state index in [1.807, 2.05) is 0 Å². The van der Waals surface area contributed by atoms with Crippen molar-refractivity contribution in [3.05, 3.63) is 12.2 Å². The van der Waals surface area contributed by atoms with Gasteiger partial charge in [0, 0.05) is 12.8 Å². The van der Waals surface area contributed by atoms with Gasteiger partial charge in [0.05, 0.1) is 0 Å². The highest BCUT2D eigenvalue weighted by Gasteiger charge is 2.20. The van der Waals surface area contributed by atoms with Crippen LogP contribution in [-0.4, -0.2) is 28.9 Å². The first-order valence-corrected chi connectivity index (χ1v) is 11.4. The Morgan fingerprint density at radius 1 is 0.828 bits per heavy atom. The Bertz CT molecular complexity index is 477. The minimum atomic E-state index is -1.14. The standard InChI is InChI=1S/C23H42N2O4/c1-2-3-4-5-6-7-8-9-10-11-12-13-14-15-16-17-22(27)25-20(23(28)29)18-19-21(24)26/h9-10,20H,2-8,11-19H2,1H3,(H2,24,26)(H,25,27)(H,28,29)/b10-9+. The molecule has 6 heteroatoms. The number of nitrogens with two attached hydrogens (primary N) is 1. The number of amides is 2. The van der Waals surface area contributed by atoms with Crippen LogP contribution in [-0.2, 0) is 14.4 Å². The average Bonchev–Trinajstić information content (AvgIpc) is 2.67. The minimum absolute atomic E-state index is 0.0305. The molecule has 0 aromatic carbocycles. The number of primary amides is 1. The third-order valence-corrected chi connectivity index (χ3v) is 4.98. The van der Waals surface area contributed by atoms with Crippen LogP contribution in [0.15, 0.2) is 12.2 Å². The van der Waals surface area contributed by atoms with E-state index >= 15 is 0 Å². The second-order valence-electron chi connectivity index (χ2n) is 7.80. The molecule has 0 aromatic heterocycles. The van der Waals surface area contributed by atoms with Gasteiger partial charge in [-0.1, -0.05) is 70.4 Å². The summed E-state index contributed by atoms with van der Waals surface area (Å²) in [4.78, 5) is 33.7. The first kappa shape index (κ1) is 27.1. The topological polar surface area (TPSA) is 109 Å².